The first-order chi connectivity index (χ1) is 10.2. The van der Waals surface area contributed by atoms with Crippen molar-refractivity contribution in [2.45, 2.75) is 13.8 Å². The maximum atomic E-state index is 5.62. The second kappa shape index (κ2) is 4.52. The second-order valence-corrected chi connectivity index (χ2v) is 5.35. The van der Waals surface area contributed by atoms with Crippen LogP contribution in [-0.2, 0) is 0 Å². The van der Waals surface area contributed by atoms with Crippen LogP contribution >= 0.6 is 0 Å². The molecular formula is C17H16N2O2. The maximum Gasteiger partial charge on any atom is 0.163 e. The third-order valence-corrected chi connectivity index (χ3v) is 4.01. The molecule has 0 fully saturated rings. The number of nitrogens with zero attached hydrogens (tertiary/aromatic N) is 1. The molecule has 4 nitrogen and oxygen atoms in total. The van der Waals surface area contributed by atoms with E-state index in [0.717, 1.165) is 33.9 Å². The highest BCUT2D eigenvalue weighted by Gasteiger charge is 2.16. The average Bonchev–Trinajstić information content (AvgIpc) is 2.90. The predicted molar refractivity (Wildman–Crippen MR) is 82.0 cm³/mol. The summed E-state index contributed by atoms with van der Waals surface area (Å²) in [5, 5.41) is 0. The normalized spacial score (nSPS) is 13.6. The van der Waals surface area contributed by atoms with Gasteiger partial charge in [-0.3, -0.25) is 0 Å². The van der Waals surface area contributed by atoms with Gasteiger partial charge in [0.1, 0.15) is 19.0 Å². The summed E-state index contributed by atoms with van der Waals surface area (Å²) in [4.78, 5) is 8.09. The number of aryl methyl sites for hydroxylation is 1. The zero-order valence-corrected chi connectivity index (χ0v) is 12.1. The number of H-pyrrole nitrogens is 1. The molecule has 2 heterocycles. The lowest BCUT2D eigenvalue weighted by molar-refractivity contribution is 0.172. The van der Waals surface area contributed by atoms with Gasteiger partial charge < -0.3 is 14.5 Å². The standard InChI is InChI=1S/C17H16N2O2/c1-10-4-3-5-12(11(10)2)17-18-13-8-15-16(9-14(13)19-17)21-7-6-20-15/h3-5,8-9H,6-7H2,1-2H3,(H,18,19). The molecule has 0 atom stereocenters. The van der Waals surface area contributed by atoms with E-state index in [4.69, 9.17) is 14.5 Å². The molecule has 0 aliphatic carbocycles. The van der Waals surface area contributed by atoms with E-state index in [1.807, 2.05) is 12.1 Å². The van der Waals surface area contributed by atoms with Gasteiger partial charge in [0.25, 0.3) is 0 Å². The monoisotopic (exact) mass is 280 g/mol. The van der Waals surface area contributed by atoms with Crippen LogP contribution in [0.1, 0.15) is 11.1 Å². The lowest BCUT2D eigenvalue weighted by atomic mass is 10.0. The van der Waals surface area contributed by atoms with Crippen LogP contribution in [0, 0.1) is 13.8 Å². The molecule has 106 valence electrons. The molecule has 1 aromatic heterocycles. The van der Waals surface area contributed by atoms with E-state index in [0.29, 0.717) is 13.2 Å². The summed E-state index contributed by atoms with van der Waals surface area (Å²) in [5.41, 5.74) is 5.50. The Labute approximate surface area is 122 Å². The van der Waals surface area contributed by atoms with Crippen molar-refractivity contribution >= 4 is 11.0 Å². The Balaban J connectivity index is 1.89. The number of fused-ring (bicyclic) bond motifs is 2. The van der Waals surface area contributed by atoms with E-state index in [2.05, 4.69) is 37.0 Å². The zero-order valence-electron chi connectivity index (χ0n) is 12.1. The van der Waals surface area contributed by atoms with Crippen LogP contribution in [0.3, 0.4) is 0 Å². The molecule has 0 radical (unpaired) electrons. The molecule has 1 aliphatic rings. The molecule has 0 saturated carbocycles. The van der Waals surface area contributed by atoms with Crippen LogP contribution < -0.4 is 9.47 Å². The molecule has 0 amide bonds. The highest BCUT2D eigenvalue weighted by molar-refractivity contribution is 5.83. The molecule has 4 rings (SSSR count). The minimum absolute atomic E-state index is 0.590. The van der Waals surface area contributed by atoms with Gasteiger partial charge in [-0.05, 0) is 25.0 Å². The summed E-state index contributed by atoms with van der Waals surface area (Å²) in [6.07, 6.45) is 0. The second-order valence-electron chi connectivity index (χ2n) is 5.35. The average molecular weight is 280 g/mol. The number of rotatable bonds is 1. The fraction of sp³-hybridized carbons (Fsp3) is 0.235. The van der Waals surface area contributed by atoms with E-state index in [9.17, 15) is 0 Å². The quantitative estimate of drug-likeness (QED) is 0.740. The van der Waals surface area contributed by atoms with Crippen LogP contribution in [0.2, 0.25) is 0 Å². The fourth-order valence-corrected chi connectivity index (χ4v) is 2.68. The number of nitrogens with one attached hydrogen (secondary N) is 1. The van der Waals surface area contributed by atoms with Gasteiger partial charge in [-0.1, -0.05) is 18.2 Å². The highest BCUT2D eigenvalue weighted by Crippen LogP contribution is 2.35. The number of imidazole rings is 1. The lowest BCUT2D eigenvalue weighted by Crippen LogP contribution is -2.15. The van der Waals surface area contributed by atoms with Gasteiger partial charge in [0.05, 0.1) is 11.0 Å². The van der Waals surface area contributed by atoms with E-state index in [1.165, 1.54) is 11.1 Å². The fourth-order valence-electron chi connectivity index (χ4n) is 2.68. The van der Waals surface area contributed by atoms with Crippen LogP contribution in [0.25, 0.3) is 22.4 Å². The molecule has 1 aliphatic heterocycles. The van der Waals surface area contributed by atoms with Crippen molar-refractivity contribution in [2.75, 3.05) is 13.2 Å². The Morgan fingerprint density at radius 1 is 1.05 bits per heavy atom. The van der Waals surface area contributed by atoms with Crippen molar-refractivity contribution in [3.8, 4) is 22.9 Å². The Kier molecular flexibility index (Phi) is 2.64. The van der Waals surface area contributed by atoms with Gasteiger partial charge >= 0.3 is 0 Å². The molecule has 21 heavy (non-hydrogen) atoms. The molecule has 4 heteroatoms. The van der Waals surface area contributed by atoms with Gasteiger partial charge in [0.2, 0.25) is 0 Å². The third-order valence-electron chi connectivity index (χ3n) is 4.01. The van der Waals surface area contributed by atoms with Crippen molar-refractivity contribution in [3.63, 3.8) is 0 Å². The number of ether oxygens (including phenoxy) is 2. The van der Waals surface area contributed by atoms with E-state index in [1.54, 1.807) is 0 Å². The molecule has 1 N–H and O–H groups in total. The minimum Gasteiger partial charge on any atom is -0.486 e. The Bertz CT molecular complexity index is 793. The van der Waals surface area contributed by atoms with E-state index < -0.39 is 0 Å². The Morgan fingerprint density at radius 2 is 1.81 bits per heavy atom. The first kappa shape index (κ1) is 12.3. The first-order valence-electron chi connectivity index (χ1n) is 7.08. The Morgan fingerprint density at radius 3 is 2.62 bits per heavy atom. The van der Waals surface area contributed by atoms with Gasteiger partial charge in [0, 0.05) is 17.7 Å². The SMILES string of the molecule is Cc1cccc(-c2nc3cc4c(cc3[nH]2)OCCO4)c1C. The van der Waals surface area contributed by atoms with Gasteiger partial charge in [-0.25, -0.2) is 4.98 Å². The van der Waals surface area contributed by atoms with Crippen LogP contribution in [0.4, 0.5) is 0 Å². The summed E-state index contributed by atoms with van der Waals surface area (Å²) >= 11 is 0. The minimum atomic E-state index is 0.590. The summed E-state index contributed by atoms with van der Waals surface area (Å²) in [6, 6.07) is 10.2. The zero-order chi connectivity index (χ0) is 14.4. The summed E-state index contributed by atoms with van der Waals surface area (Å²) in [5.74, 6) is 2.44. The van der Waals surface area contributed by atoms with Crippen LogP contribution in [0.15, 0.2) is 30.3 Å². The number of aromatic nitrogens is 2. The van der Waals surface area contributed by atoms with E-state index in [-0.39, 0.29) is 0 Å². The Hall–Kier alpha value is -2.49. The largest absolute Gasteiger partial charge is 0.486 e. The van der Waals surface area contributed by atoms with Gasteiger partial charge in [-0.15, -0.1) is 0 Å². The van der Waals surface area contributed by atoms with E-state index >= 15 is 0 Å². The van der Waals surface area contributed by atoms with Crippen LogP contribution in [-0.4, -0.2) is 23.2 Å². The summed E-state index contributed by atoms with van der Waals surface area (Å²) in [7, 11) is 0. The van der Waals surface area contributed by atoms with Crippen molar-refractivity contribution in [1.29, 1.82) is 0 Å². The molecule has 0 spiro atoms. The predicted octanol–water partition coefficient (Wildman–Crippen LogP) is 3.62. The number of hydrogen-bond donors (Lipinski definition) is 1. The van der Waals surface area contributed by atoms with Gasteiger partial charge in [0.15, 0.2) is 11.5 Å². The molecule has 0 saturated heterocycles. The van der Waals surface area contributed by atoms with Crippen molar-refractivity contribution in [2.24, 2.45) is 0 Å². The molecule has 2 aromatic carbocycles. The van der Waals surface area contributed by atoms with Crippen molar-refractivity contribution in [1.82, 2.24) is 9.97 Å². The van der Waals surface area contributed by atoms with Crippen molar-refractivity contribution in [3.05, 3.63) is 41.5 Å². The number of aromatic amines is 1. The number of benzene rings is 2. The molecule has 3 aromatic rings. The smallest absolute Gasteiger partial charge is 0.163 e. The van der Waals surface area contributed by atoms with Gasteiger partial charge in [-0.2, -0.15) is 0 Å². The molecular weight excluding hydrogens is 264 g/mol. The molecule has 0 bridgehead atoms. The van der Waals surface area contributed by atoms with Crippen LogP contribution in [0.5, 0.6) is 11.5 Å². The first-order valence-corrected chi connectivity index (χ1v) is 7.08. The molecule has 0 unspecified atom stereocenters. The summed E-state index contributed by atoms with van der Waals surface area (Å²) < 4.78 is 11.2. The highest BCUT2D eigenvalue weighted by atomic mass is 16.6. The topological polar surface area (TPSA) is 47.1 Å². The van der Waals surface area contributed by atoms with Crippen molar-refractivity contribution < 1.29 is 9.47 Å². The third kappa shape index (κ3) is 1.95. The lowest BCUT2D eigenvalue weighted by Gasteiger charge is -2.17. The number of hydrogen-bond acceptors (Lipinski definition) is 3. The maximum absolute atomic E-state index is 5.62. The summed E-state index contributed by atoms with van der Waals surface area (Å²) in [6.45, 7) is 5.42.